The highest BCUT2D eigenvalue weighted by Crippen LogP contribution is 2.29. The molecule has 1 aliphatic carbocycles. The van der Waals surface area contributed by atoms with Crippen LogP contribution in [0.4, 0.5) is 0 Å². The topological polar surface area (TPSA) is 34.2 Å². The first-order chi connectivity index (χ1) is 9.83. The van der Waals surface area contributed by atoms with E-state index in [1.54, 1.807) is 0 Å². The van der Waals surface area contributed by atoms with Gasteiger partial charge in [0.25, 0.3) is 0 Å². The Hall–Kier alpha value is -1.09. The van der Waals surface area contributed by atoms with Crippen molar-refractivity contribution in [2.24, 2.45) is 5.92 Å². The summed E-state index contributed by atoms with van der Waals surface area (Å²) in [7, 11) is 0. The molecule has 0 aromatic carbocycles. The molecule has 0 radical (unpaired) electrons. The molecule has 2 atom stereocenters. The number of nitrogens with one attached hydrogen (secondary N) is 1. The summed E-state index contributed by atoms with van der Waals surface area (Å²) < 4.78 is 6.17. The molecular formula is C17H28N2O. The lowest BCUT2D eigenvalue weighted by Gasteiger charge is -2.30. The van der Waals surface area contributed by atoms with Gasteiger partial charge in [-0.1, -0.05) is 20.3 Å². The van der Waals surface area contributed by atoms with Crippen molar-refractivity contribution in [3.05, 3.63) is 23.9 Å². The largest absolute Gasteiger partial charge is 0.474 e. The lowest BCUT2D eigenvalue weighted by Crippen LogP contribution is -2.30. The van der Waals surface area contributed by atoms with Crippen LogP contribution in [0.5, 0.6) is 5.88 Å². The Morgan fingerprint density at radius 2 is 2.15 bits per heavy atom. The first kappa shape index (κ1) is 15.3. The average Bonchev–Trinajstić information content (AvgIpc) is 2.48. The summed E-state index contributed by atoms with van der Waals surface area (Å²) in [5, 5.41) is 3.42. The minimum Gasteiger partial charge on any atom is -0.474 e. The fourth-order valence-corrected chi connectivity index (χ4v) is 2.99. The van der Waals surface area contributed by atoms with Gasteiger partial charge in [-0.25, -0.2) is 4.98 Å². The number of hydrogen-bond donors (Lipinski definition) is 1. The minimum absolute atomic E-state index is 0.361. The fourth-order valence-electron chi connectivity index (χ4n) is 2.99. The standard InChI is InChI=1S/C17H28N2O/c1-3-10-18-13-14-9-11-19-17(12-14)20-16-8-6-5-7-15(16)4-2/h9,11-12,15-16,18H,3-8,10,13H2,1-2H3. The second kappa shape index (κ2) is 8.25. The summed E-state index contributed by atoms with van der Waals surface area (Å²) in [6.07, 6.45) is 9.72. The van der Waals surface area contributed by atoms with Gasteiger partial charge in [0.05, 0.1) is 0 Å². The molecule has 1 saturated carbocycles. The van der Waals surface area contributed by atoms with Gasteiger partial charge in [-0.15, -0.1) is 0 Å². The molecule has 20 heavy (non-hydrogen) atoms. The Bertz CT molecular complexity index is 394. The summed E-state index contributed by atoms with van der Waals surface area (Å²) in [5.41, 5.74) is 1.26. The zero-order valence-corrected chi connectivity index (χ0v) is 12.9. The molecule has 1 aromatic heterocycles. The van der Waals surface area contributed by atoms with Crippen molar-refractivity contribution in [3.63, 3.8) is 0 Å². The fraction of sp³-hybridized carbons (Fsp3) is 0.706. The zero-order valence-electron chi connectivity index (χ0n) is 12.9. The molecule has 1 N–H and O–H groups in total. The van der Waals surface area contributed by atoms with Crippen LogP contribution in [0.15, 0.2) is 18.3 Å². The maximum absolute atomic E-state index is 6.17. The van der Waals surface area contributed by atoms with Gasteiger partial charge >= 0.3 is 0 Å². The van der Waals surface area contributed by atoms with Gasteiger partial charge in [0.1, 0.15) is 6.10 Å². The van der Waals surface area contributed by atoms with E-state index in [2.05, 4.69) is 36.3 Å². The quantitative estimate of drug-likeness (QED) is 0.766. The number of rotatable bonds is 7. The van der Waals surface area contributed by atoms with E-state index in [1.807, 2.05) is 6.20 Å². The Morgan fingerprint density at radius 3 is 2.95 bits per heavy atom. The summed E-state index contributed by atoms with van der Waals surface area (Å²) in [6.45, 7) is 6.40. The molecule has 0 aliphatic heterocycles. The molecule has 1 heterocycles. The number of hydrogen-bond acceptors (Lipinski definition) is 3. The van der Waals surface area contributed by atoms with Crippen LogP contribution in [0, 0.1) is 5.92 Å². The summed E-state index contributed by atoms with van der Waals surface area (Å²) >= 11 is 0. The molecule has 3 nitrogen and oxygen atoms in total. The molecular weight excluding hydrogens is 248 g/mol. The highest BCUT2D eigenvalue weighted by atomic mass is 16.5. The van der Waals surface area contributed by atoms with Crippen LogP contribution in [-0.2, 0) is 6.54 Å². The second-order valence-corrected chi connectivity index (χ2v) is 5.79. The van der Waals surface area contributed by atoms with Gasteiger partial charge in [0, 0.05) is 18.8 Å². The van der Waals surface area contributed by atoms with Gasteiger partial charge in [0.15, 0.2) is 0 Å². The van der Waals surface area contributed by atoms with Crippen molar-refractivity contribution in [1.29, 1.82) is 0 Å². The molecule has 112 valence electrons. The SMILES string of the molecule is CCCNCc1ccnc(OC2CCCCC2CC)c1. The Labute approximate surface area is 123 Å². The third kappa shape index (κ3) is 4.48. The highest BCUT2D eigenvalue weighted by Gasteiger charge is 2.25. The van der Waals surface area contributed by atoms with Crippen LogP contribution in [0.25, 0.3) is 0 Å². The van der Waals surface area contributed by atoms with E-state index in [-0.39, 0.29) is 0 Å². The van der Waals surface area contributed by atoms with Gasteiger partial charge in [-0.05, 0) is 56.2 Å². The molecule has 2 unspecified atom stereocenters. The van der Waals surface area contributed by atoms with Crippen molar-refractivity contribution in [3.8, 4) is 5.88 Å². The first-order valence-electron chi connectivity index (χ1n) is 8.15. The van der Waals surface area contributed by atoms with Gasteiger partial charge in [-0.3, -0.25) is 0 Å². The van der Waals surface area contributed by atoms with Crippen LogP contribution in [-0.4, -0.2) is 17.6 Å². The van der Waals surface area contributed by atoms with Crippen LogP contribution < -0.4 is 10.1 Å². The Balaban J connectivity index is 1.92. The van der Waals surface area contributed by atoms with E-state index >= 15 is 0 Å². The van der Waals surface area contributed by atoms with Crippen molar-refractivity contribution >= 4 is 0 Å². The lowest BCUT2D eigenvalue weighted by atomic mass is 9.85. The van der Waals surface area contributed by atoms with Crippen molar-refractivity contribution in [1.82, 2.24) is 10.3 Å². The monoisotopic (exact) mass is 276 g/mol. The summed E-state index contributed by atoms with van der Waals surface area (Å²) in [4.78, 5) is 4.38. The van der Waals surface area contributed by atoms with E-state index in [1.165, 1.54) is 37.7 Å². The molecule has 1 aromatic rings. The van der Waals surface area contributed by atoms with E-state index < -0.39 is 0 Å². The van der Waals surface area contributed by atoms with Crippen molar-refractivity contribution in [2.75, 3.05) is 6.54 Å². The normalized spacial score (nSPS) is 22.7. The molecule has 0 bridgehead atoms. The molecule has 1 fully saturated rings. The number of nitrogens with zero attached hydrogens (tertiary/aromatic N) is 1. The summed E-state index contributed by atoms with van der Waals surface area (Å²) in [6, 6.07) is 4.15. The minimum atomic E-state index is 0.361. The smallest absolute Gasteiger partial charge is 0.213 e. The van der Waals surface area contributed by atoms with Crippen LogP contribution in [0.1, 0.15) is 57.9 Å². The molecule has 0 saturated heterocycles. The Morgan fingerprint density at radius 1 is 1.30 bits per heavy atom. The van der Waals surface area contributed by atoms with E-state index in [0.717, 1.165) is 25.4 Å². The molecule has 0 spiro atoms. The molecule has 0 amide bonds. The predicted octanol–water partition coefficient (Wildman–Crippen LogP) is 3.93. The average molecular weight is 276 g/mol. The zero-order chi connectivity index (χ0) is 14.2. The molecule has 2 rings (SSSR count). The molecule has 1 aliphatic rings. The number of pyridine rings is 1. The Kier molecular flexibility index (Phi) is 6.31. The first-order valence-corrected chi connectivity index (χ1v) is 8.15. The van der Waals surface area contributed by atoms with Gasteiger partial charge in [-0.2, -0.15) is 0 Å². The number of ether oxygens (including phenoxy) is 1. The highest BCUT2D eigenvalue weighted by molar-refractivity contribution is 5.20. The van der Waals surface area contributed by atoms with Gasteiger partial charge < -0.3 is 10.1 Å². The van der Waals surface area contributed by atoms with Gasteiger partial charge in [0.2, 0.25) is 5.88 Å². The van der Waals surface area contributed by atoms with E-state index in [9.17, 15) is 0 Å². The van der Waals surface area contributed by atoms with E-state index in [0.29, 0.717) is 12.0 Å². The van der Waals surface area contributed by atoms with Crippen molar-refractivity contribution < 1.29 is 4.74 Å². The summed E-state index contributed by atoms with van der Waals surface area (Å²) in [5.74, 6) is 1.50. The third-order valence-electron chi connectivity index (χ3n) is 4.19. The second-order valence-electron chi connectivity index (χ2n) is 5.79. The van der Waals surface area contributed by atoms with Crippen LogP contribution in [0.2, 0.25) is 0 Å². The number of aromatic nitrogens is 1. The van der Waals surface area contributed by atoms with Crippen LogP contribution >= 0.6 is 0 Å². The van der Waals surface area contributed by atoms with E-state index in [4.69, 9.17) is 4.74 Å². The maximum atomic E-state index is 6.17. The van der Waals surface area contributed by atoms with Crippen molar-refractivity contribution in [2.45, 2.75) is 65.0 Å². The maximum Gasteiger partial charge on any atom is 0.213 e. The lowest BCUT2D eigenvalue weighted by molar-refractivity contribution is 0.0857. The molecule has 3 heteroatoms. The van der Waals surface area contributed by atoms with Crippen LogP contribution in [0.3, 0.4) is 0 Å². The predicted molar refractivity (Wildman–Crippen MR) is 82.9 cm³/mol. The third-order valence-corrected chi connectivity index (χ3v) is 4.19.